The van der Waals surface area contributed by atoms with Crippen molar-refractivity contribution in [2.75, 3.05) is 11.9 Å². The second kappa shape index (κ2) is 4.72. The molecule has 1 atom stereocenters. The molecule has 1 aromatic carbocycles. The van der Waals surface area contributed by atoms with Crippen molar-refractivity contribution in [3.8, 4) is 0 Å². The van der Waals surface area contributed by atoms with Crippen LogP contribution in [0.5, 0.6) is 0 Å². The summed E-state index contributed by atoms with van der Waals surface area (Å²) in [5.74, 6) is -0.193. The molecular weight excluding hydrogens is 246 g/mol. The summed E-state index contributed by atoms with van der Waals surface area (Å²) in [6.07, 6.45) is 0.765. The Morgan fingerprint density at radius 3 is 3.16 bits per heavy atom. The van der Waals surface area contributed by atoms with Gasteiger partial charge in [-0.05, 0) is 23.7 Å². The van der Waals surface area contributed by atoms with E-state index in [2.05, 4.69) is 15.5 Å². The van der Waals surface area contributed by atoms with Crippen LogP contribution in [0.1, 0.15) is 35.0 Å². The summed E-state index contributed by atoms with van der Waals surface area (Å²) in [4.78, 5) is 15.5. The first-order valence-electron chi connectivity index (χ1n) is 6.13. The van der Waals surface area contributed by atoms with Gasteiger partial charge in [0.2, 0.25) is 5.89 Å². The summed E-state index contributed by atoms with van der Waals surface area (Å²) in [7, 11) is 0. The number of ether oxygens (including phenoxy) is 1. The monoisotopic (exact) mass is 259 g/mol. The van der Waals surface area contributed by atoms with Crippen LogP contribution in [0.3, 0.4) is 0 Å². The van der Waals surface area contributed by atoms with E-state index in [9.17, 15) is 4.79 Å². The minimum Gasteiger partial charge on any atom is -0.460 e. The maximum Gasteiger partial charge on any atom is 0.379 e. The van der Waals surface area contributed by atoms with Crippen molar-refractivity contribution in [3.63, 3.8) is 0 Å². The average Bonchev–Trinajstić information content (AvgIpc) is 3.05. The highest BCUT2D eigenvalue weighted by atomic mass is 16.5. The topological polar surface area (TPSA) is 77.2 Å². The minimum atomic E-state index is -0.562. The number of hydrogen-bond acceptors (Lipinski definition) is 6. The Hall–Kier alpha value is -2.37. The number of aromatic nitrogens is 2. The van der Waals surface area contributed by atoms with Crippen LogP contribution in [0.2, 0.25) is 0 Å². The lowest BCUT2D eigenvalue weighted by molar-refractivity contribution is 0.0508. The number of rotatable bonds is 3. The quantitative estimate of drug-likeness (QED) is 0.849. The largest absolute Gasteiger partial charge is 0.460 e. The average molecular weight is 259 g/mol. The molecule has 0 saturated heterocycles. The van der Waals surface area contributed by atoms with Gasteiger partial charge in [-0.15, -0.1) is 0 Å². The lowest BCUT2D eigenvalue weighted by Crippen LogP contribution is -2.09. The molecule has 2 aromatic rings. The van der Waals surface area contributed by atoms with Crippen LogP contribution in [-0.2, 0) is 11.2 Å². The Morgan fingerprint density at radius 2 is 2.37 bits per heavy atom. The van der Waals surface area contributed by atoms with E-state index in [1.54, 1.807) is 6.92 Å². The molecule has 1 aliphatic heterocycles. The summed E-state index contributed by atoms with van der Waals surface area (Å²) in [5.41, 5.74) is 2.26. The van der Waals surface area contributed by atoms with Gasteiger partial charge in [0.15, 0.2) is 0 Å². The molecule has 0 radical (unpaired) electrons. The molecule has 3 rings (SSSR count). The first-order valence-corrected chi connectivity index (χ1v) is 6.13. The third-order valence-electron chi connectivity index (χ3n) is 2.97. The third-order valence-corrected chi connectivity index (χ3v) is 2.97. The van der Waals surface area contributed by atoms with Crippen LogP contribution in [0.15, 0.2) is 28.8 Å². The Balaban J connectivity index is 1.77. The Bertz CT molecular complexity index is 584. The molecule has 0 fully saturated rings. The van der Waals surface area contributed by atoms with E-state index in [1.165, 1.54) is 5.56 Å². The van der Waals surface area contributed by atoms with Gasteiger partial charge in [0.05, 0.1) is 6.61 Å². The first kappa shape index (κ1) is 11.7. The van der Waals surface area contributed by atoms with Gasteiger partial charge in [0.25, 0.3) is 5.82 Å². The van der Waals surface area contributed by atoms with Crippen molar-refractivity contribution in [2.24, 2.45) is 0 Å². The van der Waals surface area contributed by atoms with Crippen LogP contribution in [0, 0.1) is 0 Å². The Kier molecular flexibility index (Phi) is 2.91. The Morgan fingerprint density at radius 1 is 1.53 bits per heavy atom. The lowest BCUT2D eigenvalue weighted by Gasteiger charge is -2.04. The molecule has 1 aliphatic rings. The van der Waals surface area contributed by atoms with Crippen LogP contribution in [0.4, 0.5) is 5.69 Å². The molecule has 2 heterocycles. The van der Waals surface area contributed by atoms with Crippen LogP contribution in [-0.4, -0.2) is 22.7 Å². The fraction of sp³-hybridized carbons (Fsp3) is 0.308. The van der Waals surface area contributed by atoms with Gasteiger partial charge < -0.3 is 14.6 Å². The number of carbonyl (C=O) groups is 1. The highest BCUT2D eigenvalue weighted by Gasteiger charge is 2.27. The highest BCUT2D eigenvalue weighted by molar-refractivity contribution is 5.84. The van der Waals surface area contributed by atoms with Crippen molar-refractivity contribution in [1.82, 2.24) is 10.1 Å². The van der Waals surface area contributed by atoms with E-state index in [0.717, 1.165) is 12.1 Å². The number of para-hydroxylation sites is 1. The number of hydrogen-bond donors (Lipinski definition) is 1. The smallest absolute Gasteiger partial charge is 0.379 e. The zero-order chi connectivity index (χ0) is 13.2. The molecule has 6 heteroatoms. The molecule has 19 heavy (non-hydrogen) atoms. The van der Waals surface area contributed by atoms with Gasteiger partial charge >= 0.3 is 5.97 Å². The van der Waals surface area contributed by atoms with Crippen molar-refractivity contribution >= 4 is 11.7 Å². The van der Waals surface area contributed by atoms with E-state index in [1.807, 2.05) is 24.3 Å². The molecule has 1 unspecified atom stereocenters. The highest BCUT2D eigenvalue weighted by Crippen LogP contribution is 2.32. The SMILES string of the molecule is CCOC(=O)c1noc(C2Cc3ccccc3N2)n1. The molecule has 0 spiro atoms. The molecule has 0 aliphatic carbocycles. The van der Waals surface area contributed by atoms with Gasteiger partial charge in [-0.2, -0.15) is 4.98 Å². The molecule has 1 N–H and O–H groups in total. The van der Waals surface area contributed by atoms with Gasteiger partial charge in [0, 0.05) is 12.1 Å². The maximum atomic E-state index is 11.5. The summed E-state index contributed by atoms with van der Waals surface area (Å²) >= 11 is 0. The zero-order valence-corrected chi connectivity index (χ0v) is 10.4. The van der Waals surface area contributed by atoms with E-state index < -0.39 is 5.97 Å². The van der Waals surface area contributed by atoms with Crippen molar-refractivity contribution in [1.29, 1.82) is 0 Å². The second-order valence-corrected chi connectivity index (χ2v) is 4.23. The molecule has 0 saturated carbocycles. The summed E-state index contributed by atoms with van der Waals surface area (Å²) in [5, 5.41) is 6.93. The van der Waals surface area contributed by atoms with Crippen molar-refractivity contribution in [2.45, 2.75) is 19.4 Å². The van der Waals surface area contributed by atoms with Crippen molar-refractivity contribution in [3.05, 3.63) is 41.5 Å². The van der Waals surface area contributed by atoms with Crippen LogP contribution < -0.4 is 5.32 Å². The number of anilines is 1. The number of fused-ring (bicyclic) bond motifs is 1. The molecular formula is C13H13N3O3. The molecule has 0 amide bonds. The molecule has 98 valence electrons. The molecule has 1 aromatic heterocycles. The number of nitrogens with one attached hydrogen (secondary N) is 1. The van der Waals surface area contributed by atoms with E-state index in [0.29, 0.717) is 5.89 Å². The van der Waals surface area contributed by atoms with E-state index in [4.69, 9.17) is 9.26 Å². The fourth-order valence-corrected chi connectivity index (χ4v) is 2.10. The second-order valence-electron chi connectivity index (χ2n) is 4.23. The predicted molar refractivity (Wildman–Crippen MR) is 66.8 cm³/mol. The Labute approximate surface area is 109 Å². The van der Waals surface area contributed by atoms with Crippen LogP contribution >= 0.6 is 0 Å². The minimum absolute atomic E-state index is 0.0328. The lowest BCUT2D eigenvalue weighted by atomic mass is 10.1. The zero-order valence-electron chi connectivity index (χ0n) is 10.4. The molecule has 0 bridgehead atoms. The predicted octanol–water partition coefficient (Wildman–Crippen LogP) is 1.96. The van der Waals surface area contributed by atoms with Gasteiger partial charge in [0.1, 0.15) is 6.04 Å². The summed E-state index contributed by atoms with van der Waals surface area (Å²) in [6, 6.07) is 7.91. The third kappa shape index (κ3) is 2.16. The maximum absolute atomic E-state index is 11.5. The van der Waals surface area contributed by atoms with Gasteiger partial charge in [-0.25, -0.2) is 4.79 Å². The summed E-state index contributed by atoms with van der Waals surface area (Å²) in [6.45, 7) is 2.02. The van der Waals surface area contributed by atoms with Crippen molar-refractivity contribution < 1.29 is 14.1 Å². The first-order chi connectivity index (χ1) is 9.28. The number of benzene rings is 1. The van der Waals surface area contributed by atoms with Crippen LogP contribution in [0.25, 0.3) is 0 Å². The normalized spacial score (nSPS) is 16.8. The van der Waals surface area contributed by atoms with Gasteiger partial charge in [-0.3, -0.25) is 0 Å². The number of esters is 1. The van der Waals surface area contributed by atoms with E-state index in [-0.39, 0.29) is 18.5 Å². The summed E-state index contributed by atoms with van der Waals surface area (Å²) < 4.78 is 9.94. The van der Waals surface area contributed by atoms with Gasteiger partial charge in [-0.1, -0.05) is 18.2 Å². The fourth-order valence-electron chi connectivity index (χ4n) is 2.10. The van der Waals surface area contributed by atoms with E-state index >= 15 is 0 Å². The molecule has 6 nitrogen and oxygen atoms in total. The standard InChI is InChI=1S/C13H13N3O3/c1-2-18-13(17)11-15-12(19-16-11)10-7-8-5-3-4-6-9(8)14-10/h3-6,10,14H,2,7H2,1H3. The number of nitrogens with zero attached hydrogens (tertiary/aromatic N) is 2. The number of carbonyl (C=O) groups excluding carboxylic acids is 1.